The zero-order chi connectivity index (χ0) is 14.0. The molecule has 0 amide bonds. The minimum absolute atomic E-state index is 0.457. The highest BCUT2D eigenvalue weighted by Gasteiger charge is 2.09. The maximum absolute atomic E-state index is 4.24. The first-order valence-corrected chi connectivity index (χ1v) is 7.66. The maximum atomic E-state index is 4.24. The summed E-state index contributed by atoms with van der Waals surface area (Å²) in [6.45, 7) is 4.13. The summed E-state index contributed by atoms with van der Waals surface area (Å²) in [5.41, 5.74) is 1.39. The van der Waals surface area contributed by atoms with E-state index in [4.69, 9.17) is 0 Å². The lowest BCUT2D eigenvalue weighted by Gasteiger charge is -2.19. The predicted molar refractivity (Wildman–Crippen MR) is 83.6 cm³/mol. The van der Waals surface area contributed by atoms with Crippen LogP contribution in [0.25, 0.3) is 0 Å². The van der Waals surface area contributed by atoms with Crippen molar-refractivity contribution in [2.24, 2.45) is 0 Å². The summed E-state index contributed by atoms with van der Waals surface area (Å²) in [5, 5.41) is 7.91. The van der Waals surface area contributed by atoms with Crippen molar-refractivity contribution in [3.63, 3.8) is 0 Å². The van der Waals surface area contributed by atoms with Gasteiger partial charge in [-0.25, -0.2) is 0 Å². The first-order chi connectivity index (χ1) is 9.90. The summed E-state index contributed by atoms with van der Waals surface area (Å²) in [6, 6.07) is 13.2. The molecule has 1 unspecified atom stereocenters. The van der Waals surface area contributed by atoms with Crippen molar-refractivity contribution < 1.29 is 0 Å². The third-order valence-corrected chi connectivity index (χ3v) is 3.59. The zero-order valence-electron chi connectivity index (χ0n) is 12.3. The molecule has 0 fully saturated rings. The van der Waals surface area contributed by atoms with Crippen LogP contribution >= 0.6 is 0 Å². The van der Waals surface area contributed by atoms with E-state index in [0.29, 0.717) is 6.04 Å². The van der Waals surface area contributed by atoms with Crippen molar-refractivity contribution in [3.05, 3.63) is 54.4 Å². The van der Waals surface area contributed by atoms with Gasteiger partial charge >= 0.3 is 0 Å². The molecule has 3 nitrogen and oxygen atoms in total. The van der Waals surface area contributed by atoms with Crippen LogP contribution in [0.1, 0.15) is 44.2 Å². The van der Waals surface area contributed by atoms with Gasteiger partial charge in [-0.15, -0.1) is 0 Å². The molecule has 0 saturated carbocycles. The van der Waals surface area contributed by atoms with E-state index >= 15 is 0 Å². The molecule has 1 N–H and O–H groups in total. The Balaban J connectivity index is 1.85. The molecule has 0 bridgehead atoms. The van der Waals surface area contributed by atoms with Gasteiger partial charge in [0.15, 0.2) is 0 Å². The number of benzene rings is 1. The summed E-state index contributed by atoms with van der Waals surface area (Å²) in [4.78, 5) is 0. The van der Waals surface area contributed by atoms with E-state index < -0.39 is 0 Å². The molecule has 2 rings (SSSR count). The van der Waals surface area contributed by atoms with Crippen LogP contribution in [-0.2, 0) is 6.54 Å². The van der Waals surface area contributed by atoms with E-state index in [-0.39, 0.29) is 0 Å². The molecule has 1 atom stereocenters. The molecule has 3 heteroatoms. The molecule has 20 heavy (non-hydrogen) atoms. The monoisotopic (exact) mass is 271 g/mol. The first-order valence-electron chi connectivity index (χ1n) is 7.66. The van der Waals surface area contributed by atoms with E-state index in [1.165, 1.54) is 31.2 Å². The molecule has 0 saturated heterocycles. The molecule has 0 aliphatic heterocycles. The van der Waals surface area contributed by atoms with E-state index in [1.54, 1.807) is 0 Å². The number of aromatic nitrogens is 2. The van der Waals surface area contributed by atoms with Crippen LogP contribution in [0.4, 0.5) is 0 Å². The van der Waals surface area contributed by atoms with Crippen molar-refractivity contribution in [3.8, 4) is 0 Å². The predicted octanol–water partition coefficient (Wildman–Crippen LogP) is 3.79. The number of unbranched alkanes of at least 4 members (excludes halogenated alkanes) is 2. The van der Waals surface area contributed by atoms with Crippen molar-refractivity contribution in [2.75, 3.05) is 6.54 Å². The quantitative estimate of drug-likeness (QED) is 0.703. The normalized spacial score (nSPS) is 12.4. The average Bonchev–Trinajstić information content (AvgIpc) is 3.00. The molecular formula is C17H25N3. The minimum atomic E-state index is 0.457. The Bertz CT molecular complexity index is 450. The number of nitrogens with one attached hydrogen (secondary N) is 1. The SMILES string of the molecule is CCCCCC(NCCn1cccn1)c1ccccc1. The molecular weight excluding hydrogens is 246 g/mol. The van der Waals surface area contributed by atoms with Gasteiger partial charge in [0.2, 0.25) is 0 Å². The second kappa shape index (κ2) is 8.54. The van der Waals surface area contributed by atoms with Crippen LogP contribution in [0.3, 0.4) is 0 Å². The number of hydrogen-bond donors (Lipinski definition) is 1. The molecule has 0 spiro atoms. The minimum Gasteiger partial charge on any atom is -0.308 e. The van der Waals surface area contributed by atoms with Gasteiger partial charge in [-0.05, 0) is 18.1 Å². The van der Waals surface area contributed by atoms with Crippen molar-refractivity contribution in [1.82, 2.24) is 15.1 Å². The lowest BCUT2D eigenvalue weighted by molar-refractivity contribution is 0.448. The first kappa shape index (κ1) is 14.8. The van der Waals surface area contributed by atoms with Crippen LogP contribution in [0, 0.1) is 0 Å². The Morgan fingerprint density at radius 3 is 2.70 bits per heavy atom. The fourth-order valence-electron chi connectivity index (χ4n) is 2.46. The lowest BCUT2D eigenvalue weighted by Crippen LogP contribution is -2.25. The number of hydrogen-bond acceptors (Lipinski definition) is 2. The summed E-state index contributed by atoms with van der Waals surface area (Å²) in [7, 11) is 0. The van der Waals surface area contributed by atoms with Gasteiger partial charge in [0.05, 0.1) is 6.54 Å². The average molecular weight is 271 g/mol. The third kappa shape index (κ3) is 4.82. The highest BCUT2D eigenvalue weighted by molar-refractivity contribution is 5.18. The second-order valence-electron chi connectivity index (χ2n) is 5.18. The number of rotatable bonds is 9. The Kier molecular flexibility index (Phi) is 6.32. The van der Waals surface area contributed by atoms with E-state index in [9.17, 15) is 0 Å². The van der Waals surface area contributed by atoms with Crippen LogP contribution in [-0.4, -0.2) is 16.3 Å². The molecule has 1 heterocycles. The molecule has 2 aromatic rings. The summed E-state index contributed by atoms with van der Waals surface area (Å²) in [6.07, 6.45) is 8.91. The standard InChI is InChI=1S/C17H25N3/c1-2-3-5-11-17(16-9-6-4-7-10-16)18-13-15-20-14-8-12-19-20/h4,6-10,12,14,17-18H,2-3,5,11,13,15H2,1H3. The summed E-state index contributed by atoms with van der Waals surface area (Å²) in [5.74, 6) is 0. The molecule has 1 aromatic carbocycles. The smallest absolute Gasteiger partial charge is 0.0534 e. The summed E-state index contributed by atoms with van der Waals surface area (Å²) < 4.78 is 1.97. The van der Waals surface area contributed by atoms with Gasteiger partial charge < -0.3 is 5.32 Å². The molecule has 108 valence electrons. The van der Waals surface area contributed by atoms with Gasteiger partial charge in [-0.1, -0.05) is 56.5 Å². The molecule has 0 aliphatic rings. The van der Waals surface area contributed by atoms with E-state index in [2.05, 4.69) is 47.7 Å². The molecule has 0 radical (unpaired) electrons. The Labute approximate surface area is 122 Å². The van der Waals surface area contributed by atoms with E-state index in [0.717, 1.165) is 13.1 Å². The van der Waals surface area contributed by atoms with Gasteiger partial charge in [0.25, 0.3) is 0 Å². The summed E-state index contributed by atoms with van der Waals surface area (Å²) >= 11 is 0. The molecule has 1 aromatic heterocycles. The fourth-order valence-corrected chi connectivity index (χ4v) is 2.46. The van der Waals surface area contributed by atoms with Gasteiger partial charge in [0.1, 0.15) is 0 Å². The highest BCUT2D eigenvalue weighted by Crippen LogP contribution is 2.19. The van der Waals surface area contributed by atoms with Crippen molar-refractivity contribution >= 4 is 0 Å². The fraction of sp³-hybridized carbons (Fsp3) is 0.471. The van der Waals surface area contributed by atoms with Crippen LogP contribution in [0.15, 0.2) is 48.8 Å². The van der Waals surface area contributed by atoms with Crippen LogP contribution in [0.5, 0.6) is 0 Å². The Morgan fingerprint density at radius 2 is 2.00 bits per heavy atom. The van der Waals surface area contributed by atoms with Crippen LogP contribution in [0.2, 0.25) is 0 Å². The second-order valence-corrected chi connectivity index (χ2v) is 5.18. The van der Waals surface area contributed by atoms with Gasteiger partial charge in [-0.3, -0.25) is 4.68 Å². The van der Waals surface area contributed by atoms with Crippen LogP contribution < -0.4 is 5.32 Å². The van der Waals surface area contributed by atoms with E-state index in [1.807, 2.05) is 23.1 Å². The molecule has 0 aliphatic carbocycles. The Morgan fingerprint density at radius 1 is 1.15 bits per heavy atom. The van der Waals surface area contributed by atoms with Crippen molar-refractivity contribution in [2.45, 2.75) is 45.2 Å². The topological polar surface area (TPSA) is 29.9 Å². The number of nitrogens with zero attached hydrogens (tertiary/aromatic N) is 2. The lowest BCUT2D eigenvalue weighted by atomic mass is 10.0. The largest absolute Gasteiger partial charge is 0.308 e. The van der Waals surface area contributed by atoms with Gasteiger partial charge in [-0.2, -0.15) is 5.10 Å². The third-order valence-electron chi connectivity index (χ3n) is 3.59. The highest BCUT2D eigenvalue weighted by atomic mass is 15.3. The Hall–Kier alpha value is -1.61. The van der Waals surface area contributed by atoms with Gasteiger partial charge in [0, 0.05) is 25.0 Å². The van der Waals surface area contributed by atoms with Crippen molar-refractivity contribution in [1.29, 1.82) is 0 Å². The maximum Gasteiger partial charge on any atom is 0.0534 e. The zero-order valence-corrected chi connectivity index (χ0v) is 12.3.